The average Bonchev–Trinajstić information content (AvgIpc) is 2.67. The second-order valence-electron chi connectivity index (χ2n) is 4.16. The van der Waals surface area contributed by atoms with Gasteiger partial charge in [0, 0.05) is 42.2 Å². The molecule has 14 heavy (non-hydrogen) atoms. The lowest BCUT2D eigenvalue weighted by molar-refractivity contribution is 0.222. The number of aliphatic hydroxyl groups excluding tert-OH is 1. The molecule has 0 saturated carbocycles. The Balaban J connectivity index is 1.69. The monoisotopic (exact) mass is 233 g/mol. The molecule has 0 radical (unpaired) electrons. The van der Waals surface area contributed by atoms with Gasteiger partial charge in [0.05, 0.1) is 0 Å². The number of hydrogen-bond acceptors (Lipinski definition) is 4. The summed E-state index contributed by atoms with van der Waals surface area (Å²) in [5.41, 5.74) is 0. The third-order valence-corrected chi connectivity index (χ3v) is 5.80. The Morgan fingerprint density at radius 1 is 1.36 bits per heavy atom. The smallest absolute Gasteiger partial charge is 0.0471 e. The third-order valence-electron chi connectivity index (χ3n) is 2.97. The summed E-state index contributed by atoms with van der Waals surface area (Å²) in [4.78, 5) is 2.53. The minimum absolute atomic E-state index is 0.378. The molecule has 0 amide bonds. The molecule has 82 valence electrons. The van der Waals surface area contributed by atoms with Gasteiger partial charge in [0.25, 0.3) is 0 Å². The van der Waals surface area contributed by atoms with E-state index in [1.54, 1.807) is 0 Å². The maximum absolute atomic E-state index is 9.05. The van der Waals surface area contributed by atoms with Gasteiger partial charge in [-0.3, -0.25) is 0 Å². The lowest BCUT2D eigenvalue weighted by Crippen LogP contribution is -2.32. The fourth-order valence-corrected chi connectivity index (χ4v) is 4.87. The van der Waals surface area contributed by atoms with Crippen molar-refractivity contribution in [3.05, 3.63) is 0 Å². The standard InChI is InChI=1S/C10H19NOS2/c12-7-9-1-2-11(5-9)6-10-8-13-3-4-14-10/h9-10,12H,1-8H2. The van der Waals surface area contributed by atoms with Crippen molar-refractivity contribution in [2.75, 3.05) is 43.5 Å². The number of hydrogen-bond donors (Lipinski definition) is 1. The van der Waals surface area contributed by atoms with Gasteiger partial charge in [-0.05, 0) is 18.9 Å². The number of nitrogens with zero attached hydrogens (tertiary/aromatic N) is 1. The van der Waals surface area contributed by atoms with Crippen LogP contribution in [0.5, 0.6) is 0 Å². The maximum atomic E-state index is 9.05. The van der Waals surface area contributed by atoms with E-state index in [1.807, 2.05) is 0 Å². The number of likely N-dealkylation sites (tertiary alicyclic amines) is 1. The molecule has 0 aliphatic carbocycles. The van der Waals surface area contributed by atoms with Crippen molar-refractivity contribution in [1.29, 1.82) is 0 Å². The Labute approximate surface area is 94.8 Å². The van der Waals surface area contributed by atoms with Crippen LogP contribution in [-0.4, -0.2) is 58.8 Å². The maximum Gasteiger partial charge on any atom is 0.0471 e. The van der Waals surface area contributed by atoms with Crippen molar-refractivity contribution in [2.24, 2.45) is 5.92 Å². The predicted molar refractivity (Wildman–Crippen MR) is 65.2 cm³/mol. The van der Waals surface area contributed by atoms with Gasteiger partial charge in [0.2, 0.25) is 0 Å². The zero-order chi connectivity index (χ0) is 9.80. The highest BCUT2D eigenvalue weighted by atomic mass is 32.2. The highest BCUT2D eigenvalue weighted by Gasteiger charge is 2.25. The Hall–Kier alpha value is 0.620. The lowest BCUT2D eigenvalue weighted by atomic mass is 10.1. The van der Waals surface area contributed by atoms with Crippen LogP contribution in [0, 0.1) is 5.92 Å². The van der Waals surface area contributed by atoms with Gasteiger partial charge in [0.1, 0.15) is 0 Å². The summed E-state index contributed by atoms with van der Waals surface area (Å²) >= 11 is 4.23. The summed E-state index contributed by atoms with van der Waals surface area (Å²) < 4.78 is 0. The van der Waals surface area contributed by atoms with Crippen LogP contribution >= 0.6 is 23.5 Å². The SMILES string of the molecule is OCC1CCN(CC2CSCCS2)C1. The van der Waals surface area contributed by atoms with Crippen LogP contribution in [0.3, 0.4) is 0 Å². The van der Waals surface area contributed by atoms with Gasteiger partial charge in [-0.1, -0.05) is 0 Å². The minimum atomic E-state index is 0.378. The zero-order valence-corrected chi connectivity index (χ0v) is 10.2. The molecule has 2 saturated heterocycles. The molecule has 2 heterocycles. The van der Waals surface area contributed by atoms with Crippen LogP contribution in [0.15, 0.2) is 0 Å². The molecule has 2 aliphatic heterocycles. The first-order valence-electron chi connectivity index (χ1n) is 5.41. The van der Waals surface area contributed by atoms with E-state index in [9.17, 15) is 0 Å². The Bertz CT molecular complexity index is 174. The second kappa shape index (κ2) is 5.64. The zero-order valence-electron chi connectivity index (χ0n) is 8.52. The molecular weight excluding hydrogens is 214 g/mol. The molecule has 0 spiro atoms. The predicted octanol–water partition coefficient (Wildman–Crippen LogP) is 1.15. The summed E-state index contributed by atoms with van der Waals surface area (Å²) in [6.45, 7) is 3.95. The van der Waals surface area contributed by atoms with Crippen LogP contribution in [-0.2, 0) is 0 Å². The van der Waals surface area contributed by atoms with Gasteiger partial charge in [0.15, 0.2) is 0 Å². The van der Waals surface area contributed by atoms with E-state index in [1.165, 1.54) is 36.8 Å². The first-order valence-corrected chi connectivity index (χ1v) is 7.61. The first-order chi connectivity index (χ1) is 6.88. The van der Waals surface area contributed by atoms with Gasteiger partial charge >= 0.3 is 0 Å². The Morgan fingerprint density at radius 3 is 2.93 bits per heavy atom. The summed E-state index contributed by atoms with van der Waals surface area (Å²) in [5, 5.41) is 9.89. The van der Waals surface area contributed by atoms with Gasteiger partial charge < -0.3 is 10.0 Å². The highest BCUT2D eigenvalue weighted by Crippen LogP contribution is 2.26. The molecule has 0 aromatic heterocycles. The largest absolute Gasteiger partial charge is 0.396 e. The summed E-state index contributed by atoms with van der Waals surface area (Å²) in [6, 6.07) is 0. The molecule has 4 heteroatoms. The van der Waals surface area contributed by atoms with Crippen LogP contribution in [0.4, 0.5) is 0 Å². The molecular formula is C10H19NOS2. The summed E-state index contributed by atoms with van der Waals surface area (Å²) in [7, 11) is 0. The van der Waals surface area contributed by atoms with E-state index in [-0.39, 0.29) is 0 Å². The minimum Gasteiger partial charge on any atom is -0.396 e. The molecule has 2 atom stereocenters. The van der Waals surface area contributed by atoms with Crippen LogP contribution in [0.25, 0.3) is 0 Å². The molecule has 0 aromatic carbocycles. The average molecular weight is 233 g/mol. The van der Waals surface area contributed by atoms with Crippen LogP contribution in [0.1, 0.15) is 6.42 Å². The molecule has 1 N–H and O–H groups in total. The van der Waals surface area contributed by atoms with Crippen LogP contribution in [0.2, 0.25) is 0 Å². The van der Waals surface area contributed by atoms with E-state index >= 15 is 0 Å². The molecule has 2 fully saturated rings. The molecule has 2 aliphatic rings. The van der Waals surface area contributed by atoms with Crippen molar-refractivity contribution >= 4 is 23.5 Å². The second-order valence-corrected chi connectivity index (χ2v) is 6.72. The molecule has 2 rings (SSSR count). The van der Waals surface area contributed by atoms with Crippen molar-refractivity contribution in [3.8, 4) is 0 Å². The highest BCUT2D eigenvalue weighted by molar-refractivity contribution is 8.06. The topological polar surface area (TPSA) is 23.5 Å². The van der Waals surface area contributed by atoms with Gasteiger partial charge in [-0.15, -0.1) is 0 Å². The third kappa shape index (κ3) is 3.05. The number of thioether (sulfide) groups is 2. The van der Waals surface area contributed by atoms with Crippen LogP contribution < -0.4 is 0 Å². The van der Waals surface area contributed by atoms with Crippen molar-refractivity contribution in [1.82, 2.24) is 4.90 Å². The molecule has 2 unspecified atom stereocenters. The van der Waals surface area contributed by atoms with E-state index < -0.39 is 0 Å². The van der Waals surface area contributed by atoms with E-state index in [0.717, 1.165) is 11.8 Å². The molecule has 0 aromatic rings. The molecule has 2 nitrogen and oxygen atoms in total. The Morgan fingerprint density at radius 2 is 2.29 bits per heavy atom. The number of aliphatic hydroxyl groups is 1. The summed E-state index contributed by atoms with van der Waals surface area (Å²) in [6.07, 6.45) is 1.20. The summed E-state index contributed by atoms with van der Waals surface area (Å²) in [5.74, 6) is 4.54. The number of rotatable bonds is 3. The quantitative estimate of drug-likeness (QED) is 0.790. The fourth-order valence-electron chi connectivity index (χ4n) is 2.16. The lowest BCUT2D eigenvalue weighted by Gasteiger charge is -2.26. The van der Waals surface area contributed by atoms with Crippen molar-refractivity contribution < 1.29 is 5.11 Å². The van der Waals surface area contributed by atoms with Gasteiger partial charge in [-0.25, -0.2) is 0 Å². The van der Waals surface area contributed by atoms with Gasteiger partial charge in [-0.2, -0.15) is 23.5 Å². The normalized spacial score (nSPS) is 34.9. The van der Waals surface area contributed by atoms with E-state index in [4.69, 9.17) is 5.11 Å². The van der Waals surface area contributed by atoms with E-state index in [0.29, 0.717) is 12.5 Å². The van der Waals surface area contributed by atoms with Crippen molar-refractivity contribution in [2.45, 2.75) is 11.7 Å². The molecule has 0 bridgehead atoms. The fraction of sp³-hybridized carbons (Fsp3) is 1.00. The van der Waals surface area contributed by atoms with E-state index in [2.05, 4.69) is 28.4 Å². The first kappa shape index (κ1) is 11.1. The van der Waals surface area contributed by atoms with Crippen molar-refractivity contribution in [3.63, 3.8) is 0 Å². The Kier molecular flexibility index (Phi) is 4.47.